The highest BCUT2D eigenvalue weighted by Gasteiger charge is 2.20. The minimum Gasteiger partial charge on any atom is -0.312 e. The number of alkyl halides is 2. The molecule has 2 rings (SSSR count). The molecular weight excluding hydrogens is 254 g/mol. The Bertz CT molecular complexity index is 485. The first kappa shape index (κ1) is 13.1. The van der Waals surface area contributed by atoms with E-state index in [2.05, 4.69) is 10.3 Å². The van der Waals surface area contributed by atoms with Crippen LogP contribution >= 0.6 is 11.3 Å². The maximum Gasteiger partial charge on any atom is 0.254 e. The van der Waals surface area contributed by atoms with E-state index < -0.39 is 12.5 Å². The van der Waals surface area contributed by atoms with Crippen molar-refractivity contribution in [2.75, 3.05) is 7.05 Å². The third kappa shape index (κ3) is 3.11. The predicted octanol–water partition coefficient (Wildman–Crippen LogP) is 3.21. The molecule has 0 spiro atoms. The van der Waals surface area contributed by atoms with Gasteiger partial charge in [0.25, 0.3) is 6.43 Å². The highest BCUT2D eigenvalue weighted by Crippen LogP contribution is 2.22. The molecule has 96 valence electrons. The summed E-state index contributed by atoms with van der Waals surface area (Å²) in [5.41, 5.74) is 1.86. The van der Waals surface area contributed by atoms with Gasteiger partial charge in [-0.2, -0.15) is 0 Å². The molecule has 1 aromatic heterocycles. The average molecular weight is 268 g/mol. The van der Waals surface area contributed by atoms with E-state index in [0.717, 1.165) is 16.3 Å². The van der Waals surface area contributed by atoms with Gasteiger partial charge >= 0.3 is 0 Å². The van der Waals surface area contributed by atoms with Crippen LogP contribution in [-0.2, 0) is 6.42 Å². The van der Waals surface area contributed by atoms with Crippen molar-refractivity contribution in [2.45, 2.75) is 18.9 Å². The van der Waals surface area contributed by atoms with Crippen molar-refractivity contribution in [3.63, 3.8) is 0 Å². The quantitative estimate of drug-likeness (QED) is 0.900. The van der Waals surface area contributed by atoms with Crippen LogP contribution in [0.1, 0.15) is 5.01 Å². The standard InChI is InChI=1S/C13H14F2N2S/c1-16-10(13(14)15)7-12-17-11(8-18-12)9-5-3-2-4-6-9/h2-6,8,10,13,16H,7H2,1H3. The minimum absolute atomic E-state index is 0.256. The first-order chi connectivity index (χ1) is 8.70. The van der Waals surface area contributed by atoms with Crippen LogP contribution in [0, 0.1) is 0 Å². The number of hydrogen-bond donors (Lipinski definition) is 1. The number of hydrogen-bond acceptors (Lipinski definition) is 3. The molecular formula is C13H14F2N2S. The molecule has 1 aromatic carbocycles. The molecule has 5 heteroatoms. The van der Waals surface area contributed by atoms with Gasteiger partial charge in [-0.25, -0.2) is 13.8 Å². The normalized spacial score (nSPS) is 12.9. The Labute approximate surface area is 109 Å². The lowest BCUT2D eigenvalue weighted by molar-refractivity contribution is 0.102. The zero-order valence-corrected chi connectivity index (χ0v) is 10.8. The highest BCUT2D eigenvalue weighted by molar-refractivity contribution is 7.09. The van der Waals surface area contributed by atoms with E-state index >= 15 is 0 Å². The Hall–Kier alpha value is -1.33. The third-order valence-corrected chi connectivity index (χ3v) is 3.56. The van der Waals surface area contributed by atoms with Crippen LogP contribution in [0.15, 0.2) is 35.7 Å². The SMILES string of the molecule is CNC(Cc1nc(-c2ccccc2)cs1)C(F)F. The van der Waals surface area contributed by atoms with Crippen molar-refractivity contribution in [2.24, 2.45) is 0 Å². The van der Waals surface area contributed by atoms with E-state index in [0.29, 0.717) is 0 Å². The number of aromatic nitrogens is 1. The molecule has 1 N–H and O–H groups in total. The maximum absolute atomic E-state index is 12.6. The van der Waals surface area contributed by atoms with Gasteiger partial charge < -0.3 is 5.32 Å². The van der Waals surface area contributed by atoms with Crippen LogP contribution < -0.4 is 5.32 Å². The van der Waals surface area contributed by atoms with Crippen molar-refractivity contribution < 1.29 is 8.78 Å². The summed E-state index contributed by atoms with van der Waals surface area (Å²) in [4.78, 5) is 4.40. The van der Waals surface area contributed by atoms with Gasteiger partial charge in [0.2, 0.25) is 0 Å². The fourth-order valence-corrected chi connectivity index (χ4v) is 2.51. The minimum atomic E-state index is -2.38. The Kier molecular flexibility index (Phi) is 4.38. The predicted molar refractivity (Wildman–Crippen MR) is 70.1 cm³/mol. The molecule has 0 aliphatic heterocycles. The number of halogens is 2. The largest absolute Gasteiger partial charge is 0.312 e. The molecule has 1 heterocycles. The summed E-state index contributed by atoms with van der Waals surface area (Å²) < 4.78 is 25.3. The van der Waals surface area contributed by atoms with E-state index in [-0.39, 0.29) is 6.42 Å². The van der Waals surface area contributed by atoms with E-state index in [1.54, 1.807) is 7.05 Å². The Morgan fingerprint density at radius 2 is 2.00 bits per heavy atom. The maximum atomic E-state index is 12.6. The van der Waals surface area contributed by atoms with Crippen LogP contribution in [0.3, 0.4) is 0 Å². The first-order valence-corrected chi connectivity index (χ1v) is 6.54. The summed E-state index contributed by atoms with van der Waals surface area (Å²) >= 11 is 1.42. The molecule has 0 fully saturated rings. The van der Waals surface area contributed by atoms with Gasteiger partial charge in [0.05, 0.1) is 16.7 Å². The van der Waals surface area contributed by atoms with Gasteiger partial charge in [-0.15, -0.1) is 11.3 Å². The number of benzene rings is 1. The van der Waals surface area contributed by atoms with Crippen LogP contribution in [0.25, 0.3) is 11.3 Å². The van der Waals surface area contributed by atoms with Crippen molar-refractivity contribution in [3.8, 4) is 11.3 Å². The Morgan fingerprint density at radius 3 is 2.61 bits per heavy atom. The number of rotatable bonds is 5. The molecule has 0 saturated heterocycles. The van der Waals surface area contributed by atoms with Crippen molar-refractivity contribution in [1.29, 1.82) is 0 Å². The average Bonchev–Trinajstić information content (AvgIpc) is 2.85. The van der Waals surface area contributed by atoms with Gasteiger partial charge in [-0.3, -0.25) is 0 Å². The molecule has 0 radical (unpaired) electrons. The smallest absolute Gasteiger partial charge is 0.254 e. The molecule has 0 aliphatic carbocycles. The van der Waals surface area contributed by atoms with Gasteiger partial charge in [0.15, 0.2) is 0 Å². The second-order valence-electron chi connectivity index (χ2n) is 3.93. The Balaban J connectivity index is 2.11. The Morgan fingerprint density at radius 1 is 1.28 bits per heavy atom. The summed E-state index contributed by atoms with van der Waals surface area (Å²) in [7, 11) is 1.54. The highest BCUT2D eigenvalue weighted by atomic mass is 32.1. The lowest BCUT2D eigenvalue weighted by Gasteiger charge is -2.12. The molecule has 18 heavy (non-hydrogen) atoms. The number of thiazole rings is 1. The summed E-state index contributed by atoms with van der Waals surface area (Å²) in [5.74, 6) is 0. The molecule has 2 nitrogen and oxygen atoms in total. The summed E-state index contributed by atoms with van der Waals surface area (Å²) in [6.07, 6.45) is -2.12. The molecule has 2 aromatic rings. The van der Waals surface area contributed by atoms with E-state index in [4.69, 9.17) is 0 Å². The number of nitrogens with zero attached hydrogens (tertiary/aromatic N) is 1. The van der Waals surface area contributed by atoms with Crippen LogP contribution in [-0.4, -0.2) is 24.5 Å². The zero-order valence-electron chi connectivity index (χ0n) is 9.94. The molecule has 1 unspecified atom stereocenters. The molecule has 1 atom stereocenters. The lowest BCUT2D eigenvalue weighted by Crippen LogP contribution is -2.34. The fraction of sp³-hybridized carbons (Fsp3) is 0.308. The van der Waals surface area contributed by atoms with E-state index in [1.807, 2.05) is 35.7 Å². The molecule has 0 amide bonds. The number of likely N-dealkylation sites (N-methyl/N-ethyl adjacent to an activating group) is 1. The summed E-state index contributed by atoms with van der Waals surface area (Å²) in [6, 6.07) is 8.89. The monoisotopic (exact) mass is 268 g/mol. The fourth-order valence-electron chi connectivity index (χ4n) is 1.65. The van der Waals surface area contributed by atoms with Crippen LogP contribution in [0.4, 0.5) is 8.78 Å². The second-order valence-corrected chi connectivity index (χ2v) is 4.87. The first-order valence-electron chi connectivity index (χ1n) is 5.66. The topological polar surface area (TPSA) is 24.9 Å². The van der Waals surface area contributed by atoms with Gasteiger partial charge in [-0.1, -0.05) is 30.3 Å². The third-order valence-electron chi connectivity index (χ3n) is 2.69. The van der Waals surface area contributed by atoms with Crippen LogP contribution in [0.2, 0.25) is 0 Å². The van der Waals surface area contributed by atoms with E-state index in [9.17, 15) is 8.78 Å². The van der Waals surface area contributed by atoms with E-state index in [1.165, 1.54) is 11.3 Å². The second kappa shape index (κ2) is 6.02. The summed E-state index contributed by atoms with van der Waals surface area (Å²) in [5, 5.41) is 5.25. The van der Waals surface area contributed by atoms with Gasteiger partial charge in [-0.05, 0) is 7.05 Å². The number of nitrogens with one attached hydrogen (secondary N) is 1. The van der Waals surface area contributed by atoms with Crippen LogP contribution in [0.5, 0.6) is 0 Å². The lowest BCUT2D eigenvalue weighted by atomic mass is 10.2. The molecule has 0 bridgehead atoms. The zero-order chi connectivity index (χ0) is 13.0. The van der Waals surface area contributed by atoms with Crippen molar-refractivity contribution in [3.05, 3.63) is 40.7 Å². The van der Waals surface area contributed by atoms with Crippen molar-refractivity contribution >= 4 is 11.3 Å². The summed E-state index contributed by atoms with van der Waals surface area (Å²) in [6.45, 7) is 0. The van der Waals surface area contributed by atoms with Crippen molar-refractivity contribution in [1.82, 2.24) is 10.3 Å². The van der Waals surface area contributed by atoms with Gasteiger partial charge in [0, 0.05) is 17.4 Å². The molecule has 0 saturated carbocycles. The molecule has 0 aliphatic rings. The van der Waals surface area contributed by atoms with Gasteiger partial charge in [0.1, 0.15) is 0 Å².